The van der Waals surface area contributed by atoms with Crippen molar-refractivity contribution in [2.24, 2.45) is 5.92 Å². The van der Waals surface area contributed by atoms with E-state index in [1.54, 1.807) is 0 Å². The van der Waals surface area contributed by atoms with E-state index in [0.717, 1.165) is 31.9 Å². The summed E-state index contributed by atoms with van der Waals surface area (Å²) in [7, 11) is 0. The maximum atomic E-state index is 12.9. The van der Waals surface area contributed by atoms with E-state index in [9.17, 15) is 14.3 Å². The molecule has 114 valence electrons. The number of aromatic nitrogens is 1. The van der Waals surface area contributed by atoms with Crippen LogP contribution in [0.3, 0.4) is 0 Å². The van der Waals surface area contributed by atoms with Gasteiger partial charge in [-0.1, -0.05) is 6.92 Å². The van der Waals surface area contributed by atoms with E-state index >= 15 is 0 Å². The molecule has 1 N–H and O–H groups in total. The number of carbonyl (C=O) groups is 1. The number of nitrogens with zero attached hydrogens (tertiary/aromatic N) is 2. The lowest BCUT2D eigenvalue weighted by Crippen LogP contribution is -2.47. The Morgan fingerprint density at radius 3 is 2.67 bits per heavy atom. The van der Waals surface area contributed by atoms with Gasteiger partial charge in [0.1, 0.15) is 11.5 Å². The van der Waals surface area contributed by atoms with Gasteiger partial charge in [-0.05, 0) is 37.8 Å². The minimum absolute atomic E-state index is 0.0412. The highest BCUT2D eigenvalue weighted by Gasteiger charge is 2.41. The number of hydrogen-bond acceptors (Lipinski definition) is 4. The zero-order valence-corrected chi connectivity index (χ0v) is 12.2. The molecule has 5 heteroatoms. The fraction of sp³-hybridized carbons (Fsp3) is 0.625. The van der Waals surface area contributed by atoms with Gasteiger partial charge in [-0.15, -0.1) is 0 Å². The highest BCUT2D eigenvalue weighted by molar-refractivity contribution is 5.95. The zero-order chi connectivity index (χ0) is 15.0. The van der Waals surface area contributed by atoms with Crippen molar-refractivity contribution < 1.29 is 14.3 Å². The van der Waals surface area contributed by atoms with Crippen molar-refractivity contribution in [2.75, 3.05) is 6.54 Å². The molecule has 0 saturated carbocycles. The van der Waals surface area contributed by atoms with Crippen LogP contribution in [0.25, 0.3) is 0 Å². The third kappa shape index (κ3) is 2.99. The van der Waals surface area contributed by atoms with Crippen LogP contribution in [0.5, 0.6) is 0 Å². The standard InChI is InChI=1S/C16H21FN2O2/c1-10(16(21)15-5-2-11(17)8-18-15)9-19-12-3-4-13(19)7-14(20)6-12/h2,5,8,10,12-14,20H,3-4,6-7,9H2,1H3. The first-order chi connectivity index (χ1) is 10.0. The van der Waals surface area contributed by atoms with Crippen LogP contribution in [-0.2, 0) is 0 Å². The maximum absolute atomic E-state index is 12.9. The molecule has 3 unspecified atom stereocenters. The Kier molecular flexibility index (Phi) is 4.04. The molecule has 4 nitrogen and oxygen atoms in total. The quantitative estimate of drug-likeness (QED) is 0.863. The topological polar surface area (TPSA) is 53.4 Å². The van der Waals surface area contributed by atoms with Crippen molar-refractivity contribution in [3.8, 4) is 0 Å². The summed E-state index contributed by atoms with van der Waals surface area (Å²) in [5.74, 6) is -0.635. The van der Waals surface area contributed by atoms with Crippen LogP contribution in [0.4, 0.5) is 4.39 Å². The van der Waals surface area contributed by atoms with E-state index in [2.05, 4.69) is 9.88 Å². The zero-order valence-electron chi connectivity index (χ0n) is 12.2. The van der Waals surface area contributed by atoms with Gasteiger partial charge in [0.15, 0.2) is 5.78 Å². The Balaban J connectivity index is 1.65. The van der Waals surface area contributed by atoms with E-state index in [-0.39, 0.29) is 17.8 Å². The summed E-state index contributed by atoms with van der Waals surface area (Å²) in [5, 5.41) is 9.82. The first-order valence-electron chi connectivity index (χ1n) is 7.64. The average molecular weight is 292 g/mol. The second-order valence-electron chi connectivity index (χ2n) is 6.33. The molecular formula is C16H21FN2O2. The number of aliphatic hydroxyl groups excluding tert-OH is 1. The first-order valence-corrected chi connectivity index (χ1v) is 7.64. The van der Waals surface area contributed by atoms with Crippen LogP contribution in [0, 0.1) is 11.7 Å². The van der Waals surface area contributed by atoms with E-state index < -0.39 is 5.82 Å². The van der Waals surface area contributed by atoms with Gasteiger partial charge >= 0.3 is 0 Å². The van der Waals surface area contributed by atoms with Crippen LogP contribution < -0.4 is 0 Å². The molecule has 2 saturated heterocycles. The molecule has 2 aliphatic heterocycles. The fourth-order valence-electron chi connectivity index (χ4n) is 3.72. The van der Waals surface area contributed by atoms with E-state index in [4.69, 9.17) is 0 Å². The molecule has 0 aromatic carbocycles. The fourth-order valence-corrected chi connectivity index (χ4v) is 3.72. The van der Waals surface area contributed by atoms with Gasteiger partial charge in [0.25, 0.3) is 0 Å². The number of ketones is 1. The van der Waals surface area contributed by atoms with Crippen molar-refractivity contribution >= 4 is 5.78 Å². The minimum Gasteiger partial charge on any atom is -0.393 e. The van der Waals surface area contributed by atoms with Crippen molar-refractivity contribution in [1.29, 1.82) is 0 Å². The number of Topliss-reactive ketones (excluding diaryl/α,β-unsaturated/α-hetero) is 1. The summed E-state index contributed by atoms with van der Waals surface area (Å²) in [6.45, 7) is 2.60. The van der Waals surface area contributed by atoms with Crippen molar-refractivity contribution in [3.63, 3.8) is 0 Å². The Bertz CT molecular complexity index is 506. The molecule has 1 aromatic heterocycles. The predicted molar refractivity (Wildman–Crippen MR) is 76.4 cm³/mol. The van der Waals surface area contributed by atoms with Gasteiger partial charge in [-0.2, -0.15) is 0 Å². The highest BCUT2D eigenvalue weighted by atomic mass is 19.1. The molecule has 1 aromatic rings. The molecule has 2 fully saturated rings. The predicted octanol–water partition coefficient (Wildman–Crippen LogP) is 2.03. The number of fused-ring (bicyclic) bond motifs is 2. The number of piperidine rings is 1. The molecule has 3 rings (SSSR count). The van der Waals surface area contributed by atoms with E-state index in [0.29, 0.717) is 24.3 Å². The van der Waals surface area contributed by atoms with Crippen LogP contribution in [-0.4, -0.2) is 45.5 Å². The van der Waals surface area contributed by atoms with Gasteiger partial charge in [0.2, 0.25) is 0 Å². The summed E-state index contributed by atoms with van der Waals surface area (Å²) in [5.41, 5.74) is 0.327. The van der Waals surface area contributed by atoms with Gasteiger partial charge in [-0.25, -0.2) is 4.39 Å². The van der Waals surface area contributed by atoms with Crippen molar-refractivity contribution in [2.45, 2.75) is 50.8 Å². The smallest absolute Gasteiger partial charge is 0.185 e. The largest absolute Gasteiger partial charge is 0.393 e. The number of carbonyl (C=O) groups excluding carboxylic acids is 1. The Morgan fingerprint density at radius 1 is 1.43 bits per heavy atom. The molecular weight excluding hydrogens is 271 g/mol. The van der Waals surface area contributed by atoms with Crippen LogP contribution in [0.2, 0.25) is 0 Å². The summed E-state index contributed by atoms with van der Waals surface area (Å²) < 4.78 is 12.9. The molecule has 3 heterocycles. The molecule has 0 spiro atoms. The van der Waals surface area contributed by atoms with Crippen molar-refractivity contribution in [1.82, 2.24) is 9.88 Å². The molecule has 0 radical (unpaired) electrons. The van der Waals surface area contributed by atoms with Crippen LogP contribution >= 0.6 is 0 Å². The van der Waals surface area contributed by atoms with Gasteiger partial charge in [-0.3, -0.25) is 14.7 Å². The van der Waals surface area contributed by atoms with E-state index in [1.165, 1.54) is 12.1 Å². The lowest BCUT2D eigenvalue weighted by molar-refractivity contribution is 0.0281. The second-order valence-corrected chi connectivity index (χ2v) is 6.33. The molecule has 3 atom stereocenters. The van der Waals surface area contributed by atoms with Crippen molar-refractivity contribution in [3.05, 3.63) is 29.8 Å². The van der Waals surface area contributed by atoms with Crippen LogP contribution in [0.1, 0.15) is 43.1 Å². The summed E-state index contributed by atoms with van der Waals surface area (Å²) in [6, 6.07) is 3.52. The Morgan fingerprint density at radius 2 is 2.10 bits per heavy atom. The van der Waals surface area contributed by atoms with Gasteiger partial charge in [0.05, 0.1) is 12.3 Å². The number of aliphatic hydroxyl groups is 1. The SMILES string of the molecule is CC(CN1C2CCC1CC(O)C2)C(=O)c1ccc(F)cn1. The Hall–Kier alpha value is -1.33. The maximum Gasteiger partial charge on any atom is 0.185 e. The lowest BCUT2D eigenvalue weighted by Gasteiger charge is -2.38. The molecule has 2 aliphatic rings. The monoisotopic (exact) mass is 292 g/mol. The molecule has 2 bridgehead atoms. The number of rotatable bonds is 4. The summed E-state index contributed by atoms with van der Waals surface area (Å²) in [6.07, 6.45) is 4.73. The number of pyridine rings is 1. The summed E-state index contributed by atoms with van der Waals surface area (Å²) >= 11 is 0. The minimum atomic E-state index is -0.428. The number of hydrogen-bond donors (Lipinski definition) is 1. The number of halogens is 1. The van der Waals surface area contributed by atoms with Crippen LogP contribution in [0.15, 0.2) is 18.3 Å². The Labute approximate surface area is 124 Å². The average Bonchev–Trinajstić information content (AvgIpc) is 2.70. The summed E-state index contributed by atoms with van der Waals surface area (Å²) in [4.78, 5) is 18.6. The first kappa shape index (κ1) is 14.6. The lowest BCUT2D eigenvalue weighted by atomic mass is 9.96. The third-order valence-electron chi connectivity index (χ3n) is 4.77. The third-order valence-corrected chi connectivity index (χ3v) is 4.77. The molecule has 0 amide bonds. The highest BCUT2D eigenvalue weighted by Crippen LogP contribution is 2.36. The molecule has 21 heavy (non-hydrogen) atoms. The second kappa shape index (κ2) is 5.81. The van der Waals surface area contributed by atoms with E-state index in [1.807, 2.05) is 6.92 Å². The molecule has 0 aliphatic carbocycles. The normalized spacial score (nSPS) is 30.3. The van der Waals surface area contributed by atoms with Gasteiger partial charge < -0.3 is 5.11 Å². The van der Waals surface area contributed by atoms with Gasteiger partial charge in [0, 0.05) is 24.5 Å².